The molecular formula is C4H4N4O4. The van der Waals surface area contributed by atoms with Crippen LogP contribution in [0.25, 0.3) is 0 Å². The van der Waals surface area contributed by atoms with E-state index in [1.807, 2.05) is 0 Å². The van der Waals surface area contributed by atoms with Gasteiger partial charge in [-0.2, -0.15) is 0 Å². The van der Waals surface area contributed by atoms with Gasteiger partial charge in [0.1, 0.15) is 0 Å². The average molecular weight is 172 g/mol. The molecule has 0 aromatic carbocycles. The highest BCUT2D eigenvalue weighted by Gasteiger charge is 2.22. The summed E-state index contributed by atoms with van der Waals surface area (Å²) in [5.41, 5.74) is 0. The summed E-state index contributed by atoms with van der Waals surface area (Å²) in [5, 5.41) is 23.2. The zero-order chi connectivity index (χ0) is 9.14. The minimum Gasteiger partial charge on any atom is -0.463 e. The van der Waals surface area contributed by atoms with E-state index in [4.69, 9.17) is 10.2 Å². The molecule has 0 atom stereocenters. The molecule has 64 valence electrons. The van der Waals surface area contributed by atoms with Gasteiger partial charge in [0.25, 0.3) is 0 Å². The van der Waals surface area contributed by atoms with Crippen molar-refractivity contribution < 1.29 is 19.8 Å². The van der Waals surface area contributed by atoms with Crippen LogP contribution in [-0.4, -0.2) is 37.5 Å². The Morgan fingerprint density at radius 2 is 1.92 bits per heavy atom. The predicted octanol–water partition coefficient (Wildman–Crippen LogP) is -0.428. The van der Waals surface area contributed by atoms with Crippen molar-refractivity contribution in [2.75, 3.05) is 5.01 Å². The summed E-state index contributed by atoms with van der Waals surface area (Å²) in [6, 6.07) is 0. The van der Waals surface area contributed by atoms with Crippen LogP contribution in [0.3, 0.4) is 0 Å². The van der Waals surface area contributed by atoms with E-state index in [2.05, 4.69) is 10.3 Å². The van der Waals surface area contributed by atoms with Gasteiger partial charge in [-0.1, -0.05) is 5.01 Å². The Hall–Kier alpha value is -2.12. The van der Waals surface area contributed by atoms with Gasteiger partial charge in [0.15, 0.2) is 0 Å². The summed E-state index contributed by atoms with van der Waals surface area (Å²) in [7, 11) is 0. The molecule has 12 heavy (non-hydrogen) atoms. The van der Waals surface area contributed by atoms with E-state index in [0.717, 1.165) is 6.20 Å². The van der Waals surface area contributed by atoms with Crippen molar-refractivity contribution >= 4 is 12.2 Å². The summed E-state index contributed by atoms with van der Waals surface area (Å²) < 4.78 is 0. The van der Waals surface area contributed by atoms with Gasteiger partial charge in [-0.15, -0.1) is 9.89 Å². The van der Waals surface area contributed by atoms with Crippen molar-refractivity contribution in [3.8, 4) is 0 Å². The Bertz CT molecular complexity index is 280. The molecule has 0 aliphatic heterocycles. The highest BCUT2D eigenvalue weighted by molar-refractivity contribution is 5.99. The molecule has 0 bridgehead atoms. The first-order chi connectivity index (χ1) is 5.63. The van der Waals surface area contributed by atoms with Crippen molar-refractivity contribution in [3.63, 3.8) is 0 Å². The third-order valence-corrected chi connectivity index (χ3v) is 0.977. The van der Waals surface area contributed by atoms with E-state index < -0.39 is 12.2 Å². The van der Waals surface area contributed by atoms with Gasteiger partial charge in [-0.3, -0.25) is 0 Å². The number of hydrogen-bond acceptors (Lipinski definition) is 4. The van der Waals surface area contributed by atoms with Crippen LogP contribution in [-0.2, 0) is 0 Å². The summed E-state index contributed by atoms with van der Waals surface area (Å²) in [4.78, 5) is 21.2. The van der Waals surface area contributed by atoms with Gasteiger partial charge in [-0.05, 0) is 5.21 Å². The van der Waals surface area contributed by atoms with Crippen molar-refractivity contribution in [2.24, 2.45) is 0 Å². The van der Waals surface area contributed by atoms with Crippen molar-refractivity contribution in [1.82, 2.24) is 15.1 Å². The maximum absolute atomic E-state index is 10.3. The van der Waals surface area contributed by atoms with E-state index in [1.165, 1.54) is 6.20 Å². The first kappa shape index (κ1) is 7.98. The van der Waals surface area contributed by atoms with Gasteiger partial charge in [0.05, 0.1) is 12.4 Å². The minimum atomic E-state index is -1.65. The second-order valence-electron chi connectivity index (χ2n) is 1.70. The standard InChI is InChI=1S/C4H4N4O4/c9-3(10)8(4(11)12)7-2-1-5-6-7/h1-2H,(H,9,10)(H,11,12). The first-order valence-electron chi connectivity index (χ1n) is 2.75. The highest BCUT2D eigenvalue weighted by atomic mass is 16.4. The molecule has 0 radical (unpaired) electrons. The third-order valence-electron chi connectivity index (χ3n) is 0.977. The Kier molecular flexibility index (Phi) is 1.90. The maximum Gasteiger partial charge on any atom is 0.438 e. The molecule has 1 aromatic heterocycles. The molecule has 0 saturated carbocycles. The lowest BCUT2D eigenvalue weighted by Gasteiger charge is -2.10. The zero-order valence-electron chi connectivity index (χ0n) is 5.65. The predicted molar refractivity (Wildman–Crippen MR) is 34.3 cm³/mol. The molecule has 8 nitrogen and oxygen atoms in total. The minimum absolute atomic E-state index is 0.00694. The Balaban J connectivity index is 2.96. The van der Waals surface area contributed by atoms with Gasteiger partial charge >= 0.3 is 12.2 Å². The number of hydrogen-bond donors (Lipinski definition) is 2. The first-order valence-corrected chi connectivity index (χ1v) is 2.75. The largest absolute Gasteiger partial charge is 0.463 e. The number of imide groups is 1. The van der Waals surface area contributed by atoms with Crippen LogP contribution in [0, 0.1) is 0 Å². The smallest absolute Gasteiger partial charge is 0.438 e. The van der Waals surface area contributed by atoms with Gasteiger partial charge < -0.3 is 10.2 Å². The van der Waals surface area contributed by atoms with Crippen LogP contribution >= 0.6 is 0 Å². The summed E-state index contributed by atoms with van der Waals surface area (Å²) in [5.74, 6) is 0. The van der Waals surface area contributed by atoms with E-state index >= 15 is 0 Å². The molecule has 8 heteroatoms. The summed E-state index contributed by atoms with van der Waals surface area (Å²) >= 11 is 0. The fraction of sp³-hybridized carbons (Fsp3) is 0. The lowest BCUT2D eigenvalue weighted by molar-refractivity contribution is 0.172. The fourth-order valence-corrected chi connectivity index (χ4v) is 0.566. The molecule has 0 saturated heterocycles. The van der Waals surface area contributed by atoms with Crippen LogP contribution in [0.5, 0.6) is 0 Å². The van der Waals surface area contributed by atoms with E-state index in [-0.39, 0.29) is 5.01 Å². The molecular weight excluding hydrogens is 168 g/mol. The second kappa shape index (κ2) is 2.86. The summed E-state index contributed by atoms with van der Waals surface area (Å²) in [6.45, 7) is 0. The Labute approximate surface area is 65.6 Å². The molecule has 0 fully saturated rings. The average Bonchev–Trinajstić information content (AvgIpc) is 2.37. The van der Waals surface area contributed by atoms with Gasteiger partial charge in [-0.25, -0.2) is 9.59 Å². The van der Waals surface area contributed by atoms with Crippen LogP contribution < -0.4 is 5.01 Å². The number of amides is 2. The van der Waals surface area contributed by atoms with E-state index in [1.54, 1.807) is 0 Å². The molecule has 0 aliphatic carbocycles. The lowest BCUT2D eigenvalue weighted by Crippen LogP contribution is -2.44. The van der Waals surface area contributed by atoms with Crippen LogP contribution in [0.1, 0.15) is 0 Å². The topological polar surface area (TPSA) is 109 Å². The normalized spacial score (nSPS) is 9.33. The Morgan fingerprint density at radius 3 is 2.25 bits per heavy atom. The highest BCUT2D eigenvalue weighted by Crippen LogP contribution is 1.89. The molecule has 2 amide bonds. The van der Waals surface area contributed by atoms with E-state index in [9.17, 15) is 9.59 Å². The molecule has 1 aromatic rings. The monoisotopic (exact) mass is 172 g/mol. The molecule has 1 rings (SSSR count). The molecule has 2 N–H and O–H groups in total. The molecule has 1 heterocycles. The number of carbonyl (C=O) groups is 2. The number of rotatable bonds is 1. The number of aromatic nitrogens is 3. The zero-order valence-corrected chi connectivity index (χ0v) is 5.65. The van der Waals surface area contributed by atoms with Crippen LogP contribution in [0.4, 0.5) is 9.59 Å². The van der Waals surface area contributed by atoms with Crippen LogP contribution in [0.2, 0.25) is 0 Å². The van der Waals surface area contributed by atoms with Crippen molar-refractivity contribution in [3.05, 3.63) is 12.4 Å². The second-order valence-corrected chi connectivity index (χ2v) is 1.70. The molecule has 0 spiro atoms. The van der Waals surface area contributed by atoms with Crippen molar-refractivity contribution in [2.45, 2.75) is 0 Å². The molecule has 0 aliphatic rings. The SMILES string of the molecule is O=C(O)N(C(=O)O)n1ccnn1. The van der Waals surface area contributed by atoms with E-state index in [0.29, 0.717) is 4.79 Å². The quantitative estimate of drug-likeness (QED) is 0.595. The van der Waals surface area contributed by atoms with Gasteiger partial charge in [0.2, 0.25) is 0 Å². The third kappa shape index (κ3) is 1.31. The molecule has 0 unspecified atom stereocenters. The fourth-order valence-electron chi connectivity index (χ4n) is 0.566. The number of carboxylic acid groups (broad SMARTS) is 2. The van der Waals surface area contributed by atoms with Crippen molar-refractivity contribution in [1.29, 1.82) is 0 Å². The number of nitrogens with zero attached hydrogens (tertiary/aromatic N) is 4. The Morgan fingerprint density at radius 1 is 1.33 bits per heavy atom. The summed E-state index contributed by atoms with van der Waals surface area (Å²) in [6.07, 6.45) is -1.03. The lowest BCUT2D eigenvalue weighted by atomic mass is 10.9. The maximum atomic E-state index is 10.3. The van der Waals surface area contributed by atoms with Crippen LogP contribution in [0.15, 0.2) is 12.4 Å². The van der Waals surface area contributed by atoms with Gasteiger partial charge in [0, 0.05) is 0 Å².